The molecule has 4 nitrogen and oxygen atoms in total. The lowest BCUT2D eigenvalue weighted by Gasteiger charge is -2.37. The third-order valence-corrected chi connectivity index (χ3v) is 4.52. The topological polar surface area (TPSA) is 41.1 Å². The van der Waals surface area contributed by atoms with E-state index in [0.717, 1.165) is 36.9 Å². The van der Waals surface area contributed by atoms with Gasteiger partial charge in [0.2, 0.25) is 5.95 Å². The van der Waals surface area contributed by atoms with Crippen LogP contribution in [-0.4, -0.2) is 39.1 Å². The van der Waals surface area contributed by atoms with E-state index < -0.39 is 0 Å². The summed E-state index contributed by atoms with van der Waals surface area (Å²) in [4.78, 5) is 11.4. The van der Waals surface area contributed by atoms with Crippen LogP contribution in [0.2, 0.25) is 0 Å². The van der Waals surface area contributed by atoms with Gasteiger partial charge in [-0.25, -0.2) is 9.97 Å². The molecule has 1 aromatic heterocycles. The summed E-state index contributed by atoms with van der Waals surface area (Å²) in [5, 5.41) is 3.45. The van der Waals surface area contributed by atoms with Crippen molar-refractivity contribution in [3.63, 3.8) is 0 Å². The molecule has 1 aromatic rings. The van der Waals surface area contributed by atoms with Gasteiger partial charge in [-0.1, -0.05) is 0 Å². The van der Waals surface area contributed by atoms with Crippen LogP contribution in [-0.2, 0) is 6.54 Å². The normalized spacial score (nSPS) is 19.1. The summed E-state index contributed by atoms with van der Waals surface area (Å²) >= 11 is 2.03. The fourth-order valence-corrected chi connectivity index (χ4v) is 3.27. The molecule has 0 radical (unpaired) electrons. The predicted octanol–water partition coefficient (Wildman–Crippen LogP) is 2.70. The Morgan fingerprint density at radius 3 is 2.50 bits per heavy atom. The third kappa shape index (κ3) is 4.63. The van der Waals surface area contributed by atoms with E-state index in [1.165, 1.54) is 0 Å². The molecular weight excluding hydrogens is 268 g/mol. The van der Waals surface area contributed by atoms with Crippen LogP contribution >= 0.6 is 11.8 Å². The Labute approximate surface area is 126 Å². The molecule has 1 saturated heterocycles. The van der Waals surface area contributed by atoms with Gasteiger partial charge < -0.3 is 10.2 Å². The van der Waals surface area contributed by atoms with Gasteiger partial charge in [0.05, 0.1) is 0 Å². The molecule has 112 valence electrons. The first-order valence-corrected chi connectivity index (χ1v) is 8.19. The fourth-order valence-electron chi connectivity index (χ4n) is 2.16. The first-order chi connectivity index (χ1) is 9.25. The van der Waals surface area contributed by atoms with Gasteiger partial charge in [-0.05, 0) is 34.6 Å². The van der Waals surface area contributed by atoms with Crippen molar-refractivity contribution in [2.45, 2.75) is 51.4 Å². The summed E-state index contributed by atoms with van der Waals surface area (Å²) in [6.45, 7) is 13.9. The van der Waals surface area contributed by atoms with Crippen LogP contribution in [0.1, 0.15) is 40.2 Å². The second-order valence-electron chi connectivity index (χ2n) is 7.02. The van der Waals surface area contributed by atoms with E-state index >= 15 is 0 Å². The lowest BCUT2D eigenvalue weighted by molar-refractivity contribution is 0.423. The highest BCUT2D eigenvalue weighted by atomic mass is 32.2. The number of hydrogen-bond acceptors (Lipinski definition) is 5. The number of nitrogens with one attached hydrogen (secondary N) is 1. The van der Waals surface area contributed by atoms with Gasteiger partial charge in [0.15, 0.2) is 0 Å². The summed E-state index contributed by atoms with van der Waals surface area (Å²) in [5.41, 5.74) is 1.25. The van der Waals surface area contributed by atoms with Crippen molar-refractivity contribution >= 4 is 17.7 Å². The minimum absolute atomic E-state index is 0.118. The van der Waals surface area contributed by atoms with E-state index in [1.54, 1.807) is 0 Å². The summed E-state index contributed by atoms with van der Waals surface area (Å²) in [7, 11) is 0. The summed E-state index contributed by atoms with van der Waals surface area (Å²) in [6, 6.07) is 0. The molecule has 0 amide bonds. The predicted molar refractivity (Wildman–Crippen MR) is 87.4 cm³/mol. The lowest BCUT2D eigenvalue weighted by atomic mass is 10.1. The molecule has 0 aliphatic carbocycles. The van der Waals surface area contributed by atoms with E-state index in [4.69, 9.17) is 0 Å². The quantitative estimate of drug-likeness (QED) is 0.928. The molecule has 1 N–H and O–H groups in total. The SMILES string of the molecule is CC(C)(C)NCc1cnc(N2CCSC(C)(C)C2)nc1. The maximum atomic E-state index is 4.53. The van der Waals surface area contributed by atoms with Gasteiger partial charge >= 0.3 is 0 Å². The Morgan fingerprint density at radius 2 is 1.95 bits per heavy atom. The molecule has 20 heavy (non-hydrogen) atoms. The molecule has 1 aliphatic heterocycles. The average molecular weight is 294 g/mol. The number of nitrogens with zero attached hydrogens (tertiary/aromatic N) is 3. The fraction of sp³-hybridized carbons (Fsp3) is 0.733. The van der Waals surface area contributed by atoms with E-state index in [0.29, 0.717) is 0 Å². The maximum absolute atomic E-state index is 4.53. The van der Waals surface area contributed by atoms with Crippen molar-refractivity contribution in [2.75, 3.05) is 23.7 Å². The second-order valence-corrected chi connectivity index (χ2v) is 8.83. The molecule has 1 aliphatic rings. The standard InChI is InChI=1S/C15H26N4S/c1-14(2,3)18-10-12-8-16-13(17-9-12)19-6-7-20-15(4,5)11-19/h8-9,18H,6-7,10-11H2,1-5H3. The molecule has 5 heteroatoms. The van der Waals surface area contributed by atoms with E-state index in [2.05, 4.69) is 54.8 Å². The molecule has 1 fully saturated rings. The molecule has 0 atom stereocenters. The Kier molecular flexibility index (Phi) is 4.59. The molecule has 0 bridgehead atoms. The minimum Gasteiger partial charge on any atom is -0.339 e. The van der Waals surface area contributed by atoms with E-state index in [1.807, 2.05) is 24.2 Å². The molecule has 0 saturated carbocycles. The van der Waals surface area contributed by atoms with Crippen LogP contribution < -0.4 is 10.2 Å². The molecule has 0 aromatic carbocycles. The van der Waals surface area contributed by atoms with Crippen LogP contribution in [0.5, 0.6) is 0 Å². The number of aromatic nitrogens is 2. The van der Waals surface area contributed by atoms with Gasteiger partial charge in [0, 0.05) is 53.6 Å². The Hall–Kier alpha value is -0.810. The van der Waals surface area contributed by atoms with Crippen LogP contribution in [0, 0.1) is 0 Å². The van der Waals surface area contributed by atoms with E-state index in [-0.39, 0.29) is 10.3 Å². The van der Waals surface area contributed by atoms with Gasteiger partial charge in [-0.15, -0.1) is 0 Å². The van der Waals surface area contributed by atoms with Crippen molar-refractivity contribution in [3.8, 4) is 0 Å². The highest BCUT2D eigenvalue weighted by molar-refractivity contribution is 8.00. The third-order valence-electron chi connectivity index (χ3n) is 3.22. The summed E-state index contributed by atoms with van der Waals surface area (Å²) in [5.74, 6) is 2.00. The average Bonchev–Trinajstić information content (AvgIpc) is 2.35. The van der Waals surface area contributed by atoms with Crippen molar-refractivity contribution in [1.29, 1.82) is 0 Å². The lowest BCUT2D eigenvalue weighted by Crippen LogP contribution is -2.44. The Morgan fingerprint density at radius 1 is 1.30 bits per heavy atom. The van der Waals surface area contributed by atoms with E-state index in [9.17, 15) is 0 Å². The van der Waals surface area contributed by atoms with Crippen molar-refractivity contribution in [3.05, 3.63) is 18.0 Å². The zero-order chi connectivity index (χ0) is 14.8. The van der Waals surface area contributed by atoms with Crippen LogP contribution in [0.25, 0.3) is 0 Å². The highest BCUT2D eigenvalue weighted by Crippen LogP contribution is 2.30. The van der Waals surface area contributed by atoms with Crippen molar-refractivity contribution in [1.82, 2.24) is 15.3 Å². The largest absolute Gasteiger partial charge is 0.339 e. The van der Waals surface area contributed by atoms with Crippen molar-refractivity contribution < 1.29 is 0 Å². The second kappa shape index (κ2) is 5.90. The number of thioether (sulfide) groups is 1. The molecule has 2 rings (SSSR count). The van der Waals surface area contributed by atoms with Gasteiger partial charge in [0.25, 0.3) is 0 Å². The molecular formula is C15H26N4S. The molecule has 2 heterocycles. The smallest absolute Gasteiger partial charge is 0.225 e. The van der Waals surface area contributed by atoms with Crippen LogP contribution in [0.4, 0.5) is 5.95 Å². The molecule has 0 unspecified atom stereocenters. The Balaban J connectivity index is 1.97. The first-order valence-electron chi connectivity index (χ1n) is 7.20. The maximum Gasteiger partial charge on any atom is 0.225 e. The zero-order valence-corrected chi connectivity index (χ0v) is 14.0. The highest BCUT2D eigenvalue weighted by Gasteiger charge is 2.28. The number of rotatable bonds is 3. The molecule has 0 spiro atoms. The van der Waals surface area contributed by atoms with Crippen molar-refractivity contribution in [2.24, 2.45) is 0 Å². The Bertz CT molecular complexity index is 436. The minimum atomic E-state index is 0.118. The monoisotopic (exact) mass is 294 g/mol. The van der Waals surface area contributed by atoms with Gasteiger partial charge in [-0.2, -0.15) is 11.8 Å². The van der Waals surface area contributed by atoms with Gasteiger partial charge in [-0.3, -0.25) is 0 Å². The first kappa shape index (κ1) is 15.6. The summed E-state index contributed by atoms with van der Waals surface area (Å²) < 4.78 is 0.286. The number of hydrogen-bond donors (Lipinski definition) is 1. The van der Waals surface area contributed by atoms with Crippen LogP contribution in [0.3, 0.4) is 0 Å². The van der Waals surface area contributed by atoms with Crippen LogP contribution in [0.15, 0.2) is 12.4 Å². The number of anilines is 1. The van der Waals surface area contributed by atoms with Gasteiger partial charge in [0.1, 0.15) is 0 Å². The summed E-state index contributed by atoms with van der Waals surface area (Å²) in [6.07, 6.45) is 3.88. The zero-order valence-electron chi connectivity index (χ0n) is 13.2.